The molecule has 43 heavy (non-hydrogen) atoms. The van der Waals surface area contributed by atoms with Crippen LogP contribution in [0.2, 0.25) is 5.02 Å². The van der Waals surface area contributed by atoms with Crippen molar-refractivity contribution < 1.29 is 22.7 Å². The van der Waals surface area contributed by atoms with Gasteiger partial charge in [0.05, 0.1) is 4.90 Å². The third kappa shape index (κ3) is 6.80. The number of hydrogen-bond donors (Lipinski definition) is 1. The second kappa shape index (κ2) is 12.7. The Morgan fingerprint density at radius 1 is 0.953 bits per heavy atom. The maximum Gasteiger partial charge on any atom is 0.254 e. The molecule has 0 radical (unpaired) electrons. The van der Waals surface area contributed by atoms with E-state index in [-0.39, 0.29) is 30.4 Å². The molecule has 224 valence electrons. The number of halogens is 1. The fraction of sp³-hybridized carbons (Fsp3) is 0.258. The molecule has 1 N–H and O–H groups in total. The largest absolute Gasteiger partial charge is 0.619 e. The van der Waals surface area contributed by atoms with E-state index in [1.54, 1.807) is 66.7 Å². The Balaban J connectivity index is 1.39. The molecule has 2 heterocycles. The van der Waals surface area contributed by atoms with Gasteiger partial charge in [0, 0.05) is 55.4 Å². The smallest absolute Gasteiger partial charge is 0.254 e. The van der Waals surface area contributed by atoms with Crippen LogP contribution < -0.4 is 10.0 Å². The number of hydrogen-bond acceptors (Lipinski definition) is 6. The Morgan fingerprint density at radius 3 is 2.30 bits per heavy atom. The zero-order chi connectivity index (χ0) is 30.7. The highest BCUT2D eigenvalue weighted by molar-refractivity contribution is 7.89. The Bertz CT molecular complexity index is 1750. The molecule has 0 spiro atoms. The Hall–Kier alpha value is -4.03. The first kappa shape index (κ1) is 30.4. The van der Waals surface area contributed by atoms with Crippen molar-refractivity contribution in [3.63, 3.8) is 0 Å². The third-order valence-corrected chi connectivity index (χ3v) is 9.54. The van der Waals surface area contributed by atoms with E-state index >= 15 is 0 Å². The van der Waals surface area contributed by atoms with Crippen molar-refractivity contribution in [1.82, 2.24) is 19.4 Å². The molecule has 2 amide bonds. The molecule has 1 aliphatic rings. The normalized spacial score (nSPS) is 16.0. The number of pyridine rings is 1. The number of rotatable bonds is 8. The quantitative estimate of drug-likeness (QED) is 0.239. The van der Waals surface area contributed by atoms with E-state index in [1.165, 1.54) is 27.7 Å². The monoisotopic (exact) mass is 621 g/mol. The summed E-state index contributed by atoms with van der Waals surface area (Å²) in [6.45, 7) is 0.822. The highest BCUT2D eigenvalue weighted by Crippen LogP contribution is 2.27. The van der Waals surface area contributed by atoms with Crippen molar-refractivity contribution in [3.8, 4) is 11.1 Å². The number of nitrogens with zero attached hydrogens (tertiary/aromatic N) is 4. The van der Waals surface area contributed by atoms with Crippen molar-refractivity contribution >= 4 is 44.2 Å². The van der Waals surface area contributed by atoms with Gasteiger partial charge in [-0.15, -0.1) is 0 Å². The summed E-state index contributed by atoms with van der Waals surface area (Å²) in [6, 6.07) is 19.3. The van der Waals surface area contributed by atoms with E-state index in [4.69, 9.17) is 11.6 Å². The summed E-state index contributed by atoms with van der Waals surface area (Å²) in [5.74, 6) is -0.792. The van der Waals surface area contributed by atoms with Gasteiger partial charge in [-0.05, 0) is 72.4 Å². The second-order valence-electron chi connectivity index (χ2n) is 10.6. The van der Waals surface area contributed by atoms with Gasteiger partial charge in [0.1, 0.15) is 6.04 Å². The fourth-order valence-electron chi connectivity index (χ4n) is 5.04. The van der Waals surface area contributed by atoms with E-state index in [2.05, 4.69) is 5.32 Å². The predicted octanol–water partition coefficient (Wildman–Crippen LogP) is 2.99. The molecular weight excluding hydrogens is 590 g/mol. The number of sulfonamides is 1. The standard InChI is InChI=1S/C31H32ClN5O5S/c1-34(2)16-13-33-30(38)29-21-36(43(41,42)28-10-8-25-19-27(32)9-7-26(25)20-28)17-18-37(29)31(39)24-5-3-22(4-6-24)23-11-14-35(40)15-12-23/h3-12,14-15,19-20,29H,13,16-18,21H2,1-2H3,(H,33,38). The molecule has 1 unspecified atom stereocenters. The van der Waals surface area contributed by atoms with Crippen molar-refractivity contribution in [1.29, 1.82) is 0 Å². The summed E-state index contributed by atoms with van der Waals surface area (Å²) < 4.78 is 29.5. The number of aromatic nitrogens is 1. The molecule has 3 aromatic carbocycles. The zero-order valence-electron chi connectivity index (χ0n) is 23.8. The number of nitrogens with one attached hydrogen (secondary N) is 1. The molecule has 1 saturated heterocycles. The minimum atomic E-state index is -3.97. The SMILES string of the molecule is CN(C)CCNC(=O)C1CN(S(=O)(=O)c2ccc3cc(Cl)ccc3c2)CCN1C(=O)c1ccc(-c2cc[n+]([O-])cc2)cc1. The van der Waals surface area contributed by atoms with Crippen molar-refractivity contribution in [2.45, 2.75) is 10.9 Å². The lowest BCUT2D eigenvalue weighted by molar-refractivity contribution is -0.605. The molecule has 0 aliphatic carbocycles. The fourth-order valence-corrected chi connectivity index (χ4v) is 6.70. The van der Waals surface area contributed by atoms with E-state index in [9.17, 15) is 23.2 Å². The van der Waals surface area contributed by atoms with Crippen molar-refractivity contribution in [3.05, 3.63) is 101 Å². The van der Waals surface area contributed by atoms with Gasteiger partial charge in [-0.2, -0.15) is 9.04 Å². The summed E-state index contributed by atoms with van der Waals surface area (Å²) >= 11 is 6.08. The van der Waals surface area contributed by atoms with Crippen LogP contribution in [0.15, 0.2) is 90.1 Å². The maximum atomic E-state index is 13.7. The lowest BCUT2D eigenvalue weighted by Crippen LogP contribution is -2.61. The molecule has 10 nitrogen and oxygen atoms in total. The van der Waals surface area contributed by atoms with Crippen LogP contribution in [0, 0.1) is 5.21 Å². The predicted molar refractivity (Wildman–Crippen MR) is 165 cm³/mol. The van der Waals surface area contributed by atoms with Gasteiger partial charge in [0.2, 0.25) is 15.9 Å². The van der Waals surface area contributed by atoms with Crippen LogP contribution in [0.4, 0.5) is 0 Å². The molecule has 0 saturated carbocycles. The number of benzene rings is 3. The summed E-state index contributed by atoms with van der Waals surface area (Å²) in [7, 11) is -0.205. The van der Waals surface area contributed by atoms with E-state index in [0.717, 1.165) is 21.9 Å². The topological polar surface area (TPSA) is 117 Å². The minimum Gasteiger partial charge on any atom is -0.619 e. The number of carbonyl (C=O) groups is 2. The average Bonchev–Trinajstić information content (AvgIpc) is 3.00. The Morgan fingerprint density at radius 2 is 1.60 bits per heavy atom. The first-order valence-electron chi connectivity index (χ1n) is 13.7. The molecular formula is C31H32ClN5O5S. The molecule has 1 atom stereocenters. The van der Waals surface area contributed by atoms with E-state index in [1.807, 2.05) is 19.0 Å². The Kier molecular flexibility index (Phi) is 8.97. The summed E-state index contributed by atoms with van der Waals surface area (Å²) in [5, 5.41) is 16.3. The van der Waals surface area contributed by atoms with Gasteiger partial charge < -0.3 is 20.3 Å². The molecule has 12 heteroatoms. The zero-order valence-corrected chi connectivity index (χ0v) is 25.4. The number of fused-ring (bicyclic) bond motifs is 1. The lowest BCUT2D eigenvalue weighted by Gasteiger charge is -2.40. The van der Waals surface area contributed by atoms with Crippen LogP contribution in [-0.2, 0) is 14.8 Å². The summed E-state index contributed by atoms with van der Waals surface area (Å²) in [4.78, 5) is 30.6. The van der Waals surface area contributed by atoms with Gasteiger partial charge >= 0.3 is 0 Å². The molecule has 1 aliphatic heterocycles. The number of piperazine rings is 1. The molecule has 0 bridgehead atoms. The number of carbonyl (C=O) groups excluding carboxylic acids is 2. The van der Waals surface area contributed by atoms with Gasteiger partial charge in [0.25, 0.3) is 5.91 Å². The maximum absolute atomic E-state index is 13.7. The van der Waals surface area contributed by atoms with Crippen LogP contribution in [-0.4, -0.2) is 87.2 Å². The van der Waals surface area contributed by atoms with Gasteiger partial charge in [-0.3, -0.25) is 9.59 Å². The summed E-state index contributed by atoms with van der Waals surface area (Å²) in [6.07, 6.45) is 2.80. The Labute approximate surface area is 255 Å². The molecule has 5 rings (SSSR count). The number of likely N-dealkylation sites (N-methyl/N-ethyl adjacent to an activating group) is 1. The van der Waals surface area contributed by atoms with Gasteiger partial charge in [-0.25, -0.2) is 8.42 Å². The van der Waals surface area contributed by atoms with Gasteiger partial charge in [0.15, 0.2) is 12.4 Å². The summed E-state index contributed by atoms with van der Waals surface area (Å²) in [5.41, 5.74) is 2.01. The van der Waals surface area contributed by atoms with Crippen LogP contribution in [0.1, 0.15) is 10.4 Å². The molecule has 4 aromatic rings. The lowest BCUT2D eigenvalue weighted by atomic mass is 10.0. The minimum absolute atomic E-state index is 0.0332. The van der Waals surface area contributed by atoms with Crippen LogP contribution >= 0.6 is 11.6 Å². The van der Waals surface area contributed by atoms with Crippen LogP contribution in [0.3, 0.4) is 0 Å². The average molecular weight is 622 g/mol. The van der Waals surface area contributed by atoms with Crippen molar-refractivity contribution in [2.24, 2.45) is 0 Å². The highest BCUT2D eigenvalue weighted by Gasteiger charge is 2.40. The first-order valence-corrected chi connectivity index (χ1v) is 15.6. The second-order valence-corrected chi connectivity index (χ2v) is 13.0. The van der Waals surface area contributed by atoms with E-state index < -0.39 is 22.0 Å². The van der Waals surface area contributed by atoms with Gasteiger partial charge in [-0.1, -0.05) is 35.9 Å². The van der Waals surface area contributed by atoms with E-state index in [0.29, 0.717) is 28.4 Å². The number of amides is 2. The highest BCUT2D eigenvalue weighted by atomic mass is 35.5. The molecule has 1 fully saturated rings. The van der Waals surface area contributed by atoms with Crippen LogP contribution in [0.5, 0.6) is 0 Å². The van der Waals surface area contributed by atoms with Crippen molar-refractivity contribution in [2.75, 3.05) is 46.8 Å². The molecule has 1 aromatic heterocycles. The third-order valence-electron chi connectivity index (χ3n) is 7.44. The van der Waals surface area contributed by atoms with Crippen LogP contribution in [0.25, 0.3) is 21.9 Å². The first-order chi connectivity index (χ1) is 20.5.